The Morgan fingerprint density at radius 3 is 2.09 bits per heavy atom. The molecule has 0 unspecified atom stereocenters. The van der Waals surface area contributed by atoms with Gasteiger partial charge in [0.25, 0.3) is 6.43 Å². The fourth-order valence-corrected chi connectivity index (χ4v) is 2.19. The number of hydrogen-bond acceptors (Lipinski definition) is 1. The molecule has 0 aliphatic carbocycles. The summed E-state index contributed by atoms with van der Waals surface area (Å²) >= 11 is 0. The lowest BCUT2D eigenvalue weighted by Gasteiger charge is -2.03. The Hall–Kier alpha value is -2.63. The zero-order valence-corrected chi connectivity index (χ0v) is 11.2. The summed E-state index contributed by atoms with van der Waals surface area (Å²) < 4.78 is 54.8. The van der Waals surface area contributed by atoms with Crippen LogP contribution in [0.15, 0.2) is 54.6 Å². The van der Waals surface area contributed by atoms with Gasteiger partial charge in [0, 0.05) is 0 Å². The predicted octanol–water partition coefficient (Wildman–Crippen LogP) is 4.76. The molecule has 0 saturated carbocycles. The molecular formula is C16H10F4N2. The summed E-state index contributed by atoms with van der Waals surface area (Å²) in [5, 5.41) is 3.68. The Labute approximate surface area is 123 Å². The summed E-state index contributed by atoms with van der Waals surface area (Å²) in [6, 6.07) is 12.8. The summed E-state index contributed by atoms with van der Waals surface area (Å²) in [7, 11) is 0. The van der Waals surface area contributed by atoms with Gasteiger partial charge >= 0.3 is 0 Å². The van der Waals surface area contributed by atoms with Crippen LogP contribution in [-0.2, 0) is 0 Å². The topological polar surface area (TPSA) is 17.8 Å². The molecule has 1 heterocycles. The van der Waals surface area contributed by atoms with Crippen LogP contribution < -0.4 is 0 Å². The van der Waals surface area contributed by atoms with Gasteiger partial charge in [0.15, 0.2) is 0 Å². The Kier molecular flexibility index (Phi) is 3.66. The van der Waals surface area contributed by atoms with Gasteiger partial charge in [0.05, 0.1) is 11.3 Å². The monoisotopic (exact) mass is 306 g/mol. The van der Waals surface area contributed by atoms with Gasteiger partial charge in [0.2, 0.25) is 5.95 Å². The number of aromatic nitrogens is 2. The van der Waals surface area contributed by atoms with E-state index in [9.17, 15) is 17.6 Å². The van der Waals surface area contributed by atoms with Gasteiger partial charge in [-0.1, -0.05) is 30.3 Å². The molecule has 0 aliphatic rings. The zero-order valence-electron chi connectivity index (χ0n) is 11.2. The first-order valence-electron chi connectivity index (χ1n) is 6.46. The Bertz CT molecular complexity index is 780. The lowest BCUT2D eigenvalue weighted by atomic mass is 10.1. The van der Waals surface area contributed by atoms with Crippen LogP contribution >= 0.6 is 0 Å². The SMILES string of the molecule is Fc1ccc(-c2c(C(F)F)nn(-c3ccccc3)c2F)cc1. The van der Waals surface area contributed by atoms with Crippen molar-refractivity contribution in [3.05, 3.63) is 72.1 Å². The number of hydrogen-bond donors (Lipinski definition) is 0. The van der Waals surface area contributed by atoms with E-state index in [0.717, 1.165) is 16.8 Å². The average Bonchev–Trinajstić information content (AvgIpc) is 2.87. The molecular weight excluding hydrogens is 296 g/mol. The molecule has 2 aromatic carbocycles. The number of rotatable bonds is 3. The molecule has 0 fully saturated rings. The third-order valence-electron chi connectivity index (χ3n) is 3.20. The summed E-state index contributed by atoms with van der Waals surface area (Å²) in [4.78, 5) is 0. The van der Waals surface area contributed by atoms with E-state index in [1.807, 2.05) is 0 Å². The van der Waals surface area contributed by atoms with Crippen molar-refractivity contribution in [1.29, 1.82) is 0 Å². The van der Waals surface area contributed by atoms with E-state index in [4.69, 9.17) is 0 Å². The normalized spacial score (nSPS) is 11.1. The minimum atomic E-state index is -2.94. The highest BCUT2D eigenvalue weighted by Gasteiger charge is 2.26. The predicted molar refractivity (Wildman–Crippen MR) is 73.9 cm³/mol. The van der Waals surface area contributed by atoms with Gasteiger partial charge in [-0.2, -0.15) is 9.49 Å². The number of benzene rings is 2. The van der Waals surface area contributed by atoms with E-state index in [1.54, 1.807) is 30.3 Å². The van der Waals surface area contributed by atoms with Crippen molar-refractivity contribution in [3.8, 4) is 16.8 Å². The maximum absolute atomic E-state index is 14.6. The first kappa shape index (κ1) is 14.3. The lowest BCUT2D eigenvalue weighted by molar-refractivity contribution is 0.146. The first-order valence-corrected chi connectivity index (χ1v) is 6.46. The molecule has 3 rings (SSSR count). The molecule has 0 atom stereocenters. The number of nitrogens with zero attached hydrogens (tertiary/aromatic N) is 2. The fraction of sp³-hybridized carbons (Fsp3) is 0.0625. The molecule has 3 aromatic rings. The summed E-state index contributed by atoms with van der Waals surface area (Å²) in [5.41, 5.74) is -0.515. The number of alkyl halides is 2. The van der Waals surface area contributed by atoms with E-state index >= 15 is 0 Å². The fourth-order valence-electron chi connectivity index (χ4n) is 2.19. The van der Waals surface area contributed by atoms with Crippen molar-refractivity contribution < 1.29 is 17.6 Å². The molecule has 0 saturated heterocycles. The van der Waals surface area contributed by atoms with Gasteiger partial charge in [0.1, 0.15) is 11.5 Å². The molecule has 0 bridgehead atoms. The van der Waals surface area contributed by atoms with Gasteiger partial charge in [-0.15, -0.1) is 0 Å². The van der Waals surface area contributed by atoms with Crippen LogP contribution in [0.5, 0.6) is 0 Å². The third kappa shape index (κ3) is 2.47. The number of halogens is 4. The van der Waals surface area contributed by atoms with E-state index < -0.39 is 23.9 Å². The smallest absolute Gasteiger partial charge is 0.207 e. The third-order valence-corrected chi connectivity index (χ3v) is 3.20. The average molecular weight is 306 g/mol. The molecule has 6 heteroatoms. The van der Waals surface area contributed by atoms with E-state index in [2.05, 4.69) is 5.10 Å². The quantitative estimate of drug-likeness (QED) is 0.638. The molecule has 0 aliphatic heterocycles. The highest BCUT2D eigenvalue weighted by atomic mass is 19.3. The highest BCUT2D eigenvalue weighted by Crippen LogP contribution is 2.34. The van der Waals surface area contributed by atoms with Gasteiger partial charge < -0.3 is 0 Å². The molecule has 0 radical (unpaired) electrons. The van der Waals surface area contributed by atoms with E-state index in [1.165, 1.54) is 12.1 Å². The highest BCUT2D eigenvalue weighted by molar-refractivity contribution is 5.67. The molecule has 22 heavy (non-hydrogen) atoms. The Balaban J connectivity index is 2.21. The van der Waals surface area contributed by atoms with Crippen molar-refractivity contribution in [1.82, 2.24) is 9.78 Å². The van der Waals surface area contributed by atoms with Crippen LogP contribution in [0.2, 0.25) is 0 Å². The summed E-state index contributed by atoms with van der Waals surface area (Å²) in [5.74, 6) is -1.44. The van der Waals surface area contributed by atoms with Crippen molar-refractivity contribution >= 4 is 0 Å². The lowest BCUT2D eigenvalue weighted by Crippen LogP contribution is -1.99. The Morgan fingerprint density at radius 2 is 1.50 bits per heavy atom. The first-order chi connectivity index (χ1) is 10.6. The van der Waals surface area contributed by atoms with Crippen LogP contribution in [0, 0.1) is 11.8 Å². The van der Waals surface area contributed by atoms with Crippen molar-refractivity contribution in [2.24, 2.45) is 0 Å². The van der Waals surface area contributed by atoms with E-state index in [-0.39, 0.29) is 11.1 Å². The molecule has 112 valence electrons. The van der Waals surface area contributed by atoms with E-state index in [0.29, 0.717) is 5.69 Å². The molecule has 2 nitrogen and oxygen atoms in total. The van der Waals surface area contributed by atoms with Crippen LogP contribution in [0.4, 0.5) is 17.6 Å². The maximum Gasteiger partial charge on any atom is 0.282 e. The minimum absolute atomic E-state index is 0.149. The molecule has 1 aromatic heterocycles. The number of para-hydroxylation sites is 1. The summed E-state index contributed by atoms with van der Waals surface area (Å²) in [6.45, 7) is 0. The van der Waals surface area contributed by atoms with Crippen molar-refractivity contribution in [3.63, 3.8) is 0 Å². The molecule has 0 spiro atoms. The minimum Gasteiger partial charge on any atom is -0.207 e. The van der Waals surface area contributed by atoms with Crippen molar-refractivity contribution in [2.45, 2.75) is 6.43 Å². The van der Waals surface area contributed by atoms with Crippen LogP contribution in [-0.4, -0.2) is 9.78 Å². The van der Waals surface area contributed by atoms with Gasteiger partial charge in [-0.3, -0.25) is 0 Å². The van der Waals surface area contributed by atoms with Gasteiger partial charge in [-0.05, 0) is 29.8 Å². The molecule has 0 amide bonds. The van der Waals surface area contributed by atoms with Crippen LogP contribution in [0.3, 0.4) is 0 Å². The largest absolute Gasteiger partial charge is 0.282 e. The zero-order chi connectivity index (χ0) is 15.7. The summed E-state index contributed by atoms with van der Waals surface area (Å²) in [6.07, 6.45) is -2.94. The molecule has 0 N–H and O–H groups in total. The van der Waals surface area contributed by atoms with Crippen molar-refractivity contribution in [2.75, 3.05) is 0 Å². The standard InChI is InChI=1S/C16H10F4N2/c17-11-8-6-10(7-9-11)13-14(15(18)19)21-22(16(13)20)12-4-2-1-3-5-12/h1-9,15H. The second-order valence-electron chi connectivity index (χ2n) is 4.61. The second kappa shape index (κ2) is 5.63. The Morgan fingerprint density at radius 1 is 0.864 bits per heavy atom. The van der Waals surface area contributed by atoms with Gasteiger partial charge in [-0.25, -0.2) is 17.9 Å². The van der Waals surface area contributed by atoms with Crippen LogP contribution in [0.25, 0.3) is 16.8 Å². The van der Waals surface area contributed by atoms with Crippen LogP contribution in [0.1, 0.15) is 12.1 Å². The second-order valence-corrected chi connectivity index (χ2v) is 4.61. The maximum atomic E-state index is 14.6.